The third-order valence-electron chi connectivity index (χ3n) is 4.78. The lowest BCUT2D eigenvalue weighted by atomic mass is 10.1. The molecule has 12 heteroatoms. The minimum atomic E-state index is -4.25. The Balaban J connectivity index is 2.14. The second-order valence-electron chi connectivity index (χ2n) is 6.76. The molecule has 1 fully saturated rings. The molecule has 1 unspecified atom stereocenters. The van der Waals surface area contributed by atoms with E-state index in [9.17, 15) is 16.8 Å². The van der Waals surface area contributed by atoms with Crippen molar-refractivity contribution in [2.45, 2.75) is 41.2 Å². The summed E-state index contributed by atoms with van der Waals surface area (Å²) in [6.07, 6.45) is 2.76. The minimum Gasteiger partial charge on any atom is -0.495 e. The molecule has 1 heterocycles. The number of sulfone groups is 1. The van der Waals surface area contributed by atoms with Crippen LogP contribution >= 0.6 is 23.2 Å². The molecule has 1 aromatic carbocycles. The highest BCUT2D eigenvalue weighted by atomic mass is 35.5. The molecule has 158 valence electrons. The van der Waals surface area contributed by atoms with Crippen LogP contribution in [0, 0.1) is 0 Å². The number of sulfonamides is 1. The lowest BCUT2D eigenvalue weighted by Gasteiger charge is -2.18. The molecule has 3 rings (SSSR count). The fraction of sp³-hybridized carbons (Fsp3) is 0.412. The fourth-order valence-electron chi connectivity index (χ4n) is 3.45. The Labute approximate surface area is 179 Å². The van der Waals surface area contributed by atoms with Crippen LogP contribution in [0.1, 0.15) is 42.2 Å². The molecule has 0 amide bonds. The topological polar surface area (TPSA) is 129 Å². The van der Waals surface area contributed by atoms with Crippen LogP contribution in [0.3, 0.4) is 0 Å². The van der Waals surface area contributed by atoms with Crippen LogP contribution in [-0.4, -0.2) is 39.4 Å². The largest absolute Gasteiger partial charge is 0.495 e. The summed E-state index contributed by atoms with van der Waals surface area (Å²) >= 11 is 12.0. The Morgan fingerprint density at radius 3 is 2.14 bits per heavy atom. The molecule has 1 atom stereocenters. The van der Waals surface area contributed by atoms with Gasteiger partial charge in [0.25, 0.3) is 0 Å². The predicted octanol–water partition coefficient (Wildman–Crippen LogP) is 2.89. The molecule has 0 spiro atoms. The Bertz CT molecular complexity index is 1110. The van der Waals surface area contributed by atoms with Crippen molar-refractivity contribution < 1.29 is 21.6 Å². The van der Waals surface area contributed by atoms with E-state index >= 15 is 0 Å². The molecule has 2 N–H and O–H groups in total. The van der Waals surface area contributed by atoms with Crippen molar-refractivity contribution in [1.82, 2.24) is 10.2 Å². The van der Waals surface area contributed by atoms with Gasteiger partial charge in [-0.1, -0.05) is 36.0 Å². The van der Waals surface area contributed by atoms with Gasteiger partial charge in [0.05, 0.1) is 12.4 Å². The number of benzene rings is 1. The molecule has 1 aliphatic carbocycles. The molecule has 1 aromatic heterocycles. The summed E-state index contributed by atoms with van der Waals surface area (Å²) in [5.41, 5.74) is 0.00250. The number of hydrogen-bond donors (Lipinski definition) is 1. The van der Waals surface area contributed by atoms with E-state index in [1.807, 2.05) is 0 Å². The first kappa shape index (κ1) is 22.2. The number of methoxy groups -OCH3 is 1. The first-order valence-corrected chi connectivity index (χ1v) is 12.6. The summed E-state index contributed by atoms with van der Waals surface area (Å²) in [5, 5.41) is 11.2. The number of halogens is 2. The van der Waals surface area contributed by atoms with Gasteiger partial charge in [0.1, 0.15) is 16.7 Å². The van der Waals surface area contributed by atoms with Gasteiger partial charge in [0, 0.05) is 16.1 Å². The van der Waals surface area contributed by atoms with E-state index < -0.39 is 30.4 Å². The van der Waals surface area contributed by atoms with Crippen LogP contribution < -0.4 is 9.88 Å². The van der Waals surface area contributed by atoms with Gasteiger partial charge in [-0.2, -0.15) is 0 Å². The van der Waals surface area contributed by atoms with Crippen molar-refractivity contribution in [1.29, 1.82) is 0 Å². The average molecular weight is 480 g/mol. The highest BCUT2D eigenvalue weighted by molar-refractivity contribution is 7.92. The zero-order valence-corrected chi connectivity index (χ0v) is 18.5. The Morgan fingerprint density at radius 2 is 1.62 bits per heavy atom. The van der Waals surface area contributed by atoms with Gasteiger partial charge in [-0.05, 0) is 36.6 Å². The zero-order valence-electron chi connectivity index (χ0n) is 15.4. The Kier molecular flexibility index (Phi) is 6.40. The number of ether oxygens (including phenoxy) is 1. The SMILES string of the molecule is COc1cc(S(=O)(=O)C2CCCC2)nnc1C(c1cc(Cl)cc(Cl)c1)S(N)(=O)=O. The monoisotopic (exact) mass is 479 g/mol. The van der Waals surface area contributed by atoms with Gasteiger partial charge in [-0.25, -0.2) is 22.0 Å². The molecule has 0 bridgehead atoms. The minimum absolute atomic E-state index is 0.0632. The smallest absolute Gasteiger partial charge is 0.222 e. The lowest BCUT2D eigenvalue weighted by molar-refractivity contribution is 0.402. The van der Waals surface area contributed by atoms with Gasteiger partial charge in [-0.3, -0.25) is 0 Å². The van der Waals surface area contributed by atoms with E-state index in [0.29, 0.717) is 12.8 Å². The zero-order chi connectivity index (χ0) is 21.4. The maximum Gasteiger partial charge on any atom is 0.222 e. The first-order valence-electron chi connectivity index (χ1n) is 8.67. The summed E-state index contributed by atoms with van der Waals surface area (Å²) in [5.74, 6) is -0.0632. The molecular formula is C17H19Cl2N3O5S2. The molecule has 1 aliphatic rings. The molecule has 0 saturated heterocycles. The quantitative estimate of drug-likeness (QED) is 0.673. The van der Waals surface area contributed by atoms with E-state index in [1.54, 1.807) is 0 Å². The van der Waals surface area contributed by atoms with E-state index in [-0.39, 0.29) is 32.1 Å². The molecule has 0 radical (unpaired) electrons. The van der Waals surface area contributed by atoms with E-state index in [0.717, 1.165) is 12.8 Å². The van der Waals surface area contributed by atoms with Crippen LogP contribution in [0.5, 0.6) is 5.75 Å². The van der Waals surface area contributed by atoms with Gasteiger partial charge >= 0.3 is 0 Å². The van der Waals surface area contributed by atoms with Gasteiger partial charge in [-0.15, -0.1) is 10.2 Å². The molecule has 8 nitrogen and oxygen atoms in total. The van der Waals surface area contributed by atoms with Gasteiger partial charge < -0.3 is 4.74 Å². The summed E-state index contributed by atoms with van der Waals surface area (Å²) < 4.78 is 55.6. The second-order valence-corrected chi connectivity index (χ2v) is 11.5. The molecular weight excluding hydrogens is 461 g/mol. The van der Waals surface area contributed by atoms with E-state index in [4.69, 9.17) is 33.1 Å². The summed E-state index contributed by atoms with van der Waals surface area (Å²) in [6.45, 7) is 0. The van der Waals surface area contributed by atoms with Crippen molar-refractivity contribution in [2.24, 2.45) is 5.14 Å². The normalized spacial score (nSPS) is 16.7. The van der Waals surface area contributed by atoms with Crippen molar-refractivity contribution >= 4 is 43.1 Å². The third kappa shape index (κ3) is 4.66. The number of hydrogen-bond acceptors (Lipinski definition) is 7. The maximum atomic E-state index is 12.8. The van der Waals surface area contributed by atoms with Crippen LogP contribution in [-0.2, 0) is 19.9 Å². The maximum absolute atomic E-state index is 12.8. The van der Waals surface area contributed by atoms with Crippen LogP contribution in [0.15, 0.2) is 29.3 Å². The lowest BCUT2D eigenvalue weighted by Crippen LogP contribution is -2.25. The molecule has 1 saturated carbocycles. The molecule has 0 aliphatic heterocycles. The van der Waals surface area contributed by atoms with Crippen LogP contribution in [0.4, 0.5) is 0 Å². The Morgan fingerprint density at radius 1 is 1.03 bits per heavy atom. The highest BCUT2D eigenvalue weighted by Gasteiger charge is 2.35. The summed E-state index contributed by atoms with van der Waals surface area (Å²) in [4.78, 5) is 0. The first-order chi connectivity index (χ1) is 13.5. The molecule has 2 aromatic rings. The summed E-state index contributed by atoms with van der Waals surface area (Å²) in [7, 11) is -6.68. The number of nitrogens with two attached hydrogens (primary N) is 1. The molecule has 29 heavy (non-hydrogen) atoms. The van der Waals surface area contributed by atoms with Crippen molar-refractivity contribution in [3.8, 4) is 5.75 Å². The van der Waals surface area contributed by atoms with Crippen LogP contribution in [0.2, 0.25) is 10.0 Å². The predicted molar refractivity (Wildman–Crippen MR) is 109 cm³/mol. The van der Waals surface area contributed by atoms with Crippen molar-refractivity contribution in [3.05, 3.63) is 45.6 Å². The number of rotatable bonds is 6. The van der Waals surface area contributed by atoms with Gasteiger partial charge in [0.2, 0.25) is 10.0 Å². The van der Waals surface area contributed by atoms with Crippen molar-refractivity contribution in [3.63, 3.8) is 0 Å². The van der Waals surface area contributed by atoms with E-state index in [2.05, 4.69) is 10.2 Å². The number of aromatic nitrogens is 2. The standard InChI is InChI=1S/C17H19Cl2N3O5S2/c1-27-14-9-15(28(23,24)13-4-2-3-5-13)21-22-16(14)17(29(20,25)26)10-6-11(18)8-12(19)7-10/h6-9,13,17H,2-5H2,1H3,(H2,20,25,26). The number of nitrogens with zero attached hydrogens (tertiary/aromatic N) is 2. The van der Waals surface area contributed by atoms with E-state index in [1.165, 1.54) is 31.4 Å². The van der Waals surface area contributed by atoms with Gasteiger partial charge in [0.15, 0.2) is 14.9 Å². The number of primary sulfonamides is 1. The van der Waals surface area contributed by atoms with Crippen molar-refractivity contribution in [2.75, 3.05) is 7.11 Å². The average Bonchev–Trinajstić information content (AvgIpc) is 3.15. The fourth-order valence-corrected chi connectivity index (χ4v) is 6.70. The summed E-state index contributed by atoms with van der Waals surface area (Å²) in [6, 6.07) is 5.38. The van der Waals surface area contributed by atoms with Crippen LogP contribution in [0.25, 0.3) is 0 Å². The highest BCUT2D eigenvalue weighted by Crippen LogP contribution is 2.37. The Hall–Kier alpha value is -1.46. The third-order valence-corrected chi connectivity index (χ3v) is 8.50. The second kappa shape index (κ2) is 8.35.